The number of ether oxygens (including phenoxy) is 8. The normalized spacial score (nSPS) is 11.9. The first-order valence-electron chi connectivity index (χ1n) is 25.9. The van der Waals surface area contributed by atoms with E-state index in [1.807, 2.05) is 48.5 Å². The minimum Gasteiger partial charge on any atom is -0.497 e. The average molecular weight is 1210 g/mol. The summed E-state index contributed by atoms with van der Waals surface area (Å²) in [5.74, 6) is 4.15. The summed E-state index contributed by atoms with van der Waals surface area (Å²) in [4.78, 5) is 0. The second-order valence-corrected chi connectivity index (χ2v) is 19.4. The molecule has 8 rings (SSSR count). The van der Waals surface area contributed by atoms with Crippen LogP contribution in [0.15, 0.2) is 194 Å². The fourth-order valence-electron chi connectivity index (χ4n) is 9.23. The van der Waals surface area contributed by atoms with E-state index in [1.165, 1.54) is 50.7 Å². The maximum atomic E-state index is 13.8. The van der Waals surface area contributed by atoms with Gasteiger partial charge in [-0.05, 0) is 148 Å². The fourth-order valence-corrected chi connectivity index (χ4v) is 9.23. The van der Waals surface area contributed by atoms with Gasteiger partial charge in [-0.15, -0.1) is 0 Å². The molecule has 0 fully saturated rings. The maximum Gasteiger partial charge on any atom is 0.411 e. The molecule has 0 heterocycles. The Hall–Kier alpha value is -8.68. The Balaban J connectivity index is 0.000000212. The fraction of sp³-hybridized carbons (Fsp3) is 0.273. The van der Waals surface area contributed by atoms with Gasteiger partial charge in [-0.25, -0.2) is 0 Å². The lowest BCUT2D eigenvalue weighted by Crippen LogP contribution is -2.54. The zero-order valence-corrected chi connectivity index (χ0v) is 48.5. The quantitative estimate of drug-likeness (QED) is 0.0886. The van der Waals surface area contributed by atoms with Gasteiger partial charge in [0.25, 0.3) is 0 Å². The first-order chi connectivity index (χ1) is 40.5. The first kappa shape index (κ1) is 68.1. The third-order valence-corrected chi connectivity index (χ3v) is 14.1. The molecule has 8 aromatic rings. The van der Waals surface area contributed by atoms with Gasteiger partial charge in [-0.2, -0.15) is 52.7 Å². The van der Waals surface area contributed by atoms with Crippen LogP contribution >= 0.6 is 0 Å². The van der Waals surface area contributed by atoms with Crippen molar-refractivity contribution < 1.29 is 90.6 Å². The number of hydrogen-bond donors (Lipinski definition) is 0. The molecule has 0 bridgehead atoms. The summed E-state index contributed by atoms with van der Waals surface area (Å²) < 4.78 is 206. The van der Waals surface area contributed by atoms with Crippen molar-refractivity contribution in [1.29, 1.82) is 0 Å². The Labute approximate surface area is 491 Å². The molecule has 0 aliphatic rings. The average Bonchev–Trinajstić information content (AvgIpc) is 0.799. The van der Waals surface area contributed by atoms with E-state index in [0.29, 0.717) is 0 Å². The van der Waals surface area contributed by atoms with E-state index >= 15 is 0 Å². The summed E-state index contributed by atoms with van der Waals surface area (Å²) in [5.41, 5.74) is -7.09. The molecule has 0 aromatic heterocycles. The highest BCUT2D eigenvalue weighted by atomic mass is 19.4. The first-order valence-corrected chi connectivity index (χ1v) is 25.9. The molecule has 86 heavy (non-hydrogen) atoms. The van der Waals surface area contributed by atoms with Crippen LogP contribution in [0.5, 0.6) is 46.0 Å². The number of methoxy groups -OCH3 is 8. The van der Waals surface area contributed by atoms with Crippen LogP contribution in [-0.2, 0) is 22.7 Å². The molecular formula is C66H64F12O8. The number of halogens is 12. The van der Waals surface area contributed by atoms with Crippen molar-refractivity contribution in [3.63, 3.8) is 0 Å². The molecule has 0 N–H and O–H groups in total. The minimum atomic E-state index is -5.62. The lowest BCUT2D eigenvalue weighted by atomic mass is 9.73. The lowest BCUT2D eigenvalue weighted by molar-refractivity contribution is -0.290. The van der Waals surface area contributed by atoms with Crippen LogP contribution < -0.4 is 37.9 Å². The molecule has 0 saturated carbocycles. The van der Waals surface area contributed by atoms with E-state index in [0.717, 1.165) is 126 Å². The molecule has 0 radical (unpaired) electrons. The highest BCUT2D eigenvalue weighted by Crippen LogP contribution is 2.58. The molecule has 0 atom stereocenters. The standard InChI is InChI=1S/2C17H14F6O2.C17H20O2.C15H16O2/c2*1-24-13-7-3-11(4-8-13)15(16(18,19)20,17(21,22)23)12-5-9-14(25-2)10-6-12;1-17(2,13-5-9-15(18-3)10-6-13)14-7-11-16(19-4)12-8-14;1-16-14-7-3-12(4-8-14)11-13-5-9-15(17-2)10-6-13/h2*3-10H,1-2H3;5-12H,1-4H3;3-10H,11H2,1-2H3. The third-order valence-electron chi connectivity index (χ3n) is 14.1. The van der Waals surface area contributed by atoms with Crippen LogP contribution in [0.4, 0.5) is 52.7 Å². The zero-order chi connectivity index (χ0) is 63.7. The van der Waals surface area contributed by atoms with Crippen LogP contribution in [0.2, 0.25) is 0 Å². The van der Waals surface area contributed by atoms with Gasteiger partial charge in [0.1, 0.15) is 46.0 Å². The Morgan fingerprint density at radius 3 is 0.500 bits per heavy atom. The summed E-state index contributed by atoms with van der Waals surface area (Å²) in [7, 11) is 11.8. The number of alkyl halides is 12. The van der Waals surface area contributed by atoms with Crippen molar-refractivity contribution in [2.75, 3.05) is 56.9 Å². The minimum absolute atomic E-state index is 0.0431. The number of hydrogen-bond acceptors (Lipinski definition) is 8. The van der Waals surface area contributed by atoms with Gasteiger partial charge >= 0.3 is 24.7 Å². The topological polar surface area (TPSA) is 73.8 Å². The van der Waals surface area contributed by atoms with Crippen molar-refractivity contribution in [2.45, 2.75) is 61.2 Å². The maximum absolute atomic E-state index is 13.8. The van der Waals surface area contributed by atoms with E-state index in [4.69, 9.17) is 37.9 Å². The van der Waals surface area contributed by atoms with Crippen molar-refractivity contribution >= 4 is 0 Å². The predicted molar refractivity (Wildman–Crippen MR) is 305 cm³/mol. The molecular weight excluding hydrogens is 1150 g/mol. The highest BCUT2D eigenvalue weighted by Gasteiger charge is 2.73. The highest BCUT2D eigenvalue weighted by molar-refractivity contribution is 5.49. The Kier molecular flexibility index (Phi) is 22.9. The largest absolute Gasteiger partial charge is 0.497 e. The van der Waals surface area contributed by atoms with E-state index in [9.17, 15) is 52.7 Å². The second-order valence-electron chi connectivity index (χ2n) is 19.4. The Morgan fingerprint density at radius 2 is 0.360 bits per heavy atom. The summed E-state index contributed by atoms with van der Waals surface area (Å²) >= 11 is 0. The van der Waals surface area contributed by atoms with Crippen molar-refractivity contribution in [2.24, 2.45) is 0 Å². The van der Waals surface area contributed by atoms with Gasteiger partial charge in [0.15, 0.2) is 0 Å². The molecule has 0 unspecified atom stereocenters. The smallest absolute Gasteiger partial charge is 0.411 e. The summed E-state index contributed by atoms with van der Waals surface area (Å²) in [6.45, 7) is 4.44. The predicted octanol–water partition coefficient (Wildman–Crippen LogP) is 17.6. The number of benzene rings is 8. The van der Waals surface area contributed by atoms with Crippen LogP contribution in [0.1, 0.15) is 58.4 Å². The van der Waals surface area contributed by atoms with E-state index < -0.39 is 57.8 Å². The number of rotatable bonds is 16. The van der Waals surface area contributed by atoms with E-state index in [-0.39, 0.29) is 28.4 Å². The van der Waals surface area contributed by atoms with Gasteiger partial charge in [0, 0.05) is 5.41 Å². The van der Waals surface area contributed by atoms with Gasteiger partial charge in [-0.3, -0.25) is 0 Å². The van der Waals surface area contributed by atoms with Crippen LogP contribution in [-0.4, -0.2) is 81.6 Å². The molecule has 0 amide bonds. The van der Waals surface area contributed by atoms with Gasteiger partial charge in [0.2, 0.25) is 10.8 Å². The zero-order valence-electron chi connectivity index (χ0n) is 48.5. The molecule has 0 spiro atoms. The molecule has 0 aliphatic heterocycles. The molecule has 8 nitrogen and oxygen atoms in total. The Morgan fingerprint density at radius 1 is 0.221 bits per heavy atom. The van der Waals surface area contributed by atoms with E-state index in [2.05, 4.69) is 62.4 Å². The second kappa shape index (κ2) is 28.9. The van der Waals surface area contributed by atoms with Crippen LogP contribution in [0, 0.1) is 0 Å². The van der Waals surface area contributed by atoms with Gasteiger partial charge in [-0.1, -0.05) is 111 Å². The molecule has 460 valence electrons. The third kappa shape index (κ3) is 15.6. The Bertz CT molecular complexity index is 2940. The molecule has 8 aromatic carbocycles. The van der Waals surface area contributed by atoms with Crippen molar-refractivity contribution in [1.82, 2.24) is 0 Å². The van der Waals surface area contributed by atoms with Crippen LogP contribution in [0.3, 0.4) is 0 Å². The van der Waals surface area contributed by atoms with Gasteiger partial charge < -0.3 is 37.9 Å². The van der Waals surface area contributed by atoms with Gasteiger partial charge in [0.05, 0.1) is 56.9 Å². The molecule has 0 aliphatic carbocycles. The lowest BCUT2D eigenvalue weighted by Gasteiger charge is -2.38. The molecule has 20 heteroatoms. The SMILES string of the molecule is COc1ccc(C(C)(C)c2ccc(OC)cc2)cc1.COc1ccc(C(c2ccc(OC)cc2)(C(F)(F)F)C(F)(F)F)cc1.COc1ccc(C(c2ccc(OC)cc2)(C(F)(F)F)C(F)(F)F)cc1.COc1ccc(Cc2ccc(OC)cc2)cc1. The molecule has 0 saturated heterocycles. The summed E-state index contributed by atoms with van der Waals surface area (Å²) in [6.07, 6.45) is -21.5. The summed E-state index contributed by atoms with van der Waals surface area (Å²) in [6, 6.07) is 47.4. The van der Waals surface area contributed by atoms with Crippen molar-refractivity contribution in [3.8, 4) is 46.0 Å². The van der Waals surface area contributed by atoms with Crippen molar-refractivity contribution in [3.05, 3.63) is 239 Å². The monoisotopic (exact) mass is 1210 g/mol. The summed E-state index contributed by atoms with van der Waals surface area (Å²) in [5, 5.41) is 0. The van der Waals surface area contributed by atoms with Crippen LogP contribution in [0.25, 0.3) is 0 Å². The van der Waals surface area contributed by atoms with E-state index in [1.54, 1.807) is 28.4 Å².